The molecule has 0 aliphatic carbocycles. The van der Waals surface area contributed by atoms with E-state index in [2.05, 4.69) is 23.8 Å². The van der Waals surface area contributed by atoms with Gasteiger partial charge in [0, 0.05) is 22.3 Å². The van der Waals surface area contributed by atoms with Gasteiger partial charge in [0.2, 0.25) is 9.84 Å². The van der Waals surface area contributed by atoms with Gasteiger partial charge in [0.05, 0.1) is 35.4 Å². The van der Waals surface area contributed by atoms with Crippen molar-refractivity contribution < 1.29 is 37.0 Å². The van der Waals surface area contributed by atoms with Crippen molar-refractivity contribution in [3.8, 4) is 34.5 Å². The standard InChI is InChI=1S/C44H36N2O8S/c1-5-29-15-17-31(27-41(29)51-3)43(47)45-37-11-7-9-13-39(37)53-33-19-23-35(24-20-33)55(49,50)36-25-21-34(22-26-36)54-40-14-10-8-12-38(40)46-44(48)32-18-16-30(6-2)42(28-32)52-4/h5-28H,1-2H2,3-4H3,(H,45,47)(H,46,48). The number of methoxy groups -OCH3 is 2. The molecular formula is C44H36N2O8S. The van der Waals surface area contributed by atoms with Crippen molar-refractivity contribution in [1.82, 2.24) is 0 Å². The van der Waals surface area contributed by atoms with E-state index in [9.17, 15) is 18.0 Å². The lowest BCUT2D eigenvalue weighted by atomic mass is 10.1. The van der Waals surface area contributed by atoms with Crippen LogP contribution in [0, 0.1) is 0 Å². The number of sulfone groups is 1. The van der Waals surface area contributed by atoms with Crippen molar-refractivity contribution in [3.05, 3.63) is 169 Å². The Kier molecular flexibility index (Phi) is 11.4. The Bertz CT molecular complexity index is 2330. The smallest absolute Gasteiger partial charge is 0.255 e. The first-order chi connectivity index (χ1) is 26.6. The van der Waals surface area contributed by atoms with Crippen LogP contribution in [0.2, 0.25) is 0 Å². The zero-order valence-electron chi connectivity index (χ0n) is 29.9. The second-order valence-corrected chi connectivity index (χ2v) is 13.8. The minimum absolute atomic E-state index is 0.0536. The third kappa shape index (κ3) is 8.59. The number of anilines is 2. The van der Waals surface area contributed by atoms with E-state index in [1.54, 1.807) is 97.1 Å². The van der Waals surface area contributed by atoms with Crippen molar-refractivity contribution in [1.29, 1.82) is 0 Å². The number of hydrogen-bond acceptors (Lipinski definition) is 8. The molecule has 0 saturated carbocycles. The molecule has 0 bridgehead atoms. The molecule has 0 saturated heterocycles. The molecule has 0 fully saturated rings. The highest BCUT2D eigenvalue weighted by molar-refractivity contribution is 7.91. The second kappa shape index (κ2) is 16.7. The average Bonchev–Trinajstić information content (AvgIpc) is 3.22. The van der Waals surface area contributed by atoms with E-state index >= 15 is 0 Å². The number of carbonyl (C=O) groups is 2. The van der Waals surface area contributed by atoms with Gasteiger partial charge < -0.3 is 29.6 Å². The quantitative estimate of drug-likeness (QED) is 0.113. The maximum absolute atomic E-state index is 13.6. The SMILES string of the molecule is C=Cc1ccc(C(=O)Nc2ccccc2Oc2ccc(S(=O)(=O)c3ccc(Oc4ccccc4NC(=O)c4ccc(C=C)c(OC)c4)cc3)cc2)cc1OC. The van der Waals surface area contributed by atoms with E-state index in [1.165, 1.54) is 62.8 Å². The third-order valence-corrected chi connectivity index (χ3v) is 10.2. The molecule has 6 aromatic rings. The summed E-state index contributed by atoms with van der Waals surface area (Å²) in [5.74, 6) is 1.74. The Hall–Kier alpha value is -7.11. The Balaban J connectivity index is 1.12. The number of ether oxygens (including phenoxy) is 4. The average molecular weight is 753 g/mol. The molecule has 10 nitrogen and oxygen atoms in total. The molecule has 11 heteroatoms. The lowest BCUT2D eigenvalue weighted by Crippen LogP contribution is -2.12. The molecule has 0 atom stereocenters. The summed E-state index contributed by atoms with van der Waals surface area (Å²) >= 11 is 0. The summed E-state index contributed by atoms with van der Waals surface area (Å²) in [4.78, 5) is 26.3. The Morgan fingerprint density at radius 1 is 0.527 bits per heavy atom. The van der Waals surface area contributed by atoms with E-state index in [0.29, 0.717) is 57.0 Å². The van der Waals surface area contributed by atoms with Gasteiger partial charge in [0.15, 0.2) is 11.5 Å². The maximum Gasteiger partial charge on any atom is 0.255 e. The van der Waals surface area contributed by atoms with Crippen molar-refractivity contribution in [2.24, 2.45) is 0 Å². The number of hydrogen-bond donors (Lipinski definition) is 2. The summed E-state index contributed by atoms with van der Waals surface area (Å²) in [6.45, 7) is 7.51. The van der Waals surface area contributed by atoms with Gasteiger partial charge in [-0.25, -0.2) is 8.42 Å². The predicted molar refractivity (Wildman–Crippen MR) is 213 cm³/mol. The molecule has 0 aromatic heterocycles. The summed E-state index contributed by atoms with van der Waals surface area (Å²) in [5, 5.41) is 5.72. The van der Waals surface area contributed by atoms with Crippen LogP contribution in [-0.4, -0.2) is 34.5 Å². The first-order valence-corrected chi connectivity index (χ1v) is 18.3. The van der Waals surface area contributed by atoms with Gasteiger partial charge in [0.1, 0.15) is 23.0 Å². The van der Waals surface area contributed by atoms with Gasteiger partial charge >= 0.3 is 0 Å². The van der Waals surface area contributed by atoms with Gasteiger partial charge in [-0.3, -0.25) is 9.59 Å². The lowest BCUT2D eigenvalue weighted by Gasteiger charge is -2.14. The zero-order valence-corrected chi connectivity index (χ0v) is 30.8. The molecule has 0 aliphatic heterocycles. The van der Waals surface area contributed by atoms with Crippen molar-refractivity contribution in [2.75, 3.05) is 24.9 Å². The summed E-state index contributed by atoms with van der Waals surface area (Å²) in [5.41, 5.74) is 3.12. The number of benzene rings is 6. The molecule has 0 radical (unpaired) electrons. The normalized spacial score (nSPS) is 10.8. The minimum atomic E-state index is -3.91. The fourth-order valence-electron chi connectivity index (χ4n) is 5.51. The molecule has 2 N–H and O–H groups in total. The molecule has 0 unspecified atom stereocenters. The second-order valence-electron chi connectivity index (χ2n) is 11.9. The molecule has 55 heavy (non-hydrogen) atoms. The summed E-state index contributed by atoms with van der Waals surface area (Å²) in [7, 11) is -0.867. The lowest BCUT2D eigenvalue weighted by molar-refractivity contribution is 0.101. The Morgan fingerprint density at radius 3 is 1.27 bits per heavy atom. The van der Waals surface area contributed by atoms with Crippen LogP contribution in [-0.2, 0) is 9.84 Å². The highest BCUT2D eigenvalue weighted by atomic mass is 32.2. The van der Waals surface area contributed by atoms with Crippen LogP contribution >= 0.6 is 0 Å². The predicted octanol–water partition coefficient (Wildman–Crippen LogP) is 9.91. The first-order valence-electron chi connectivity index (χ1n) is 16.9. The zero-order chi connectivity index (χ0) is 39.0. The van der Waals surface area contributed by atoms with Crippen molar-refractivity contribution in [3.63, 3.8) is 0 Å². The van der Waals surface area contributed by atoms with Gasteiger partial charge in [-0.15, -0.1) is 0 Å². The highest BCUT2D eigenvalue weighted by Gasteiger charge is 2.19. The van der Waals surface area contributed by atoms with Gasteiger partial charge in [-0.1, -0.05) is 61.7 Å². The minimum Gasteiger partial charge on any atom is -0.496 e. The highest BCUT2D eigenvalue weighted by Crippen LogP contribution is 2.34. The first kappa shape index (κ1) is 37.6. The van der Waals surface area contributed by atoms with E-state index in [4.69, 9.17) is 18.9 Å². The van der Waals surface area contributed by atoms with Crippen LogP contribution in [0.15, 0.2) is 156 Å². The van der Waals surface area contributed by atoms with Crippen LogP contribution in [0.1, 0.15) is 31.8 Å². The van der Waals surface area contributed by atoms with E-state index < -0.39 is 9.84 Å². The summed E-state index contributed by atoms with van der Waals surface area (Å²) < 4.78 is 50.0. The fourth-order valence-corrected chi connectivity index (χ4v) is 6.77. The molecule has 276 valence electrons. The Morgan fingerprint density at radius 2 is 0.909 bits per heavy atom. The van der Waals surface area contributed by atoms with Crippen LogP contribution in [0.4, 0.5) is 11.4 Å². The number of para-hydroxylation sites is 4. The molecule has 2 amide bonds. The molecule has 6 rings (SSSR count). The fraction of sp³-hybridized carbons (Fsp3) is 0.0455. The van der Waals surface area contributed by atoms with Gasteiger partial charge in [0.25, 0.3) is 11.8 Å². The number of rotatable bonds is 14. The van der Waals surface area contributed by atoms with Crippen LogP contribution < -0.4 is 29.6 Å². The molecular weight excluding hydrogens is 717 g/mol. The van der Waals surface area contributed by atoms with Crippen LogP contribution in [0.3, 0.4) is 0 Å². The van der Waals surface area contributed by atoms with Crippen molar-refractivity contribution in [2.45, 2.75) is 9.79 Å². The number of amides is 2. The molecule has 0 heterocycles. The van der Waals surface area contributed by atoms with Gasteiger partial charge in [-0.05, 0) is 97.1 Å². The topological polar surface area (TPSA) is 129 Å². The molecule has 0 spiro atoms. The third-order valence-electron chi connectivity index (χ3n) is 8.43. The number of nitrogens with one attached hydrogen (secondary N) is 2. The van der Waals surface area contributed by atoms with Crippen molar-refractivity contribution >= 4 is 45.2 Å². The van der Waals surface area contributed by atoms with Crippen LogP contribution in [0.5, 0.6) is 34.5 Å². The van der Waals surface area contributed by atoms with Crippen LogP contribution in [0.25, 0.3) is 12.2 Å². The largest absolute Gasteiger partial charge is 0.496 e. The molecule has 0 aliphatic rings. The van der Waals surface area contributed by atoms with E-state index in [1.807, 2.05) is 0 Å². The Labute approximate surface area is 319 Å². The van der Waals surface area contributed by atoms with Gasteiger partial charge in [-0.2, -0.15) is 0 Å². The summed E-state index contributed by atoms with van der Waals surface area (Å²) in [6.07, 6.45) is 3.28. The van der Waals surface area contributed by atoms with E-state index in [-0.39, 0.29) is 21.6 Å². The summed E-state index contributed by atoms with van der Waals surface area (Å²) in [6, 6.07) is 35.8. The molecule has 6 aromatic carbocycles. The number of carbonyl (C=O) groups excluding carboxylic acids is 2. The maximum atomic E-state index is 13.6. The van der Waals surface area contributed by atoms with E-state index in [0.717, 1.165) is 11.1 Å². The monoisotopic (exact) mass is 752 g/mol.